The first-order valence-corrected chi connectivity index (χ1v) is 18.0. The predicted octanol–water partition coefficient (Wildman–Crippen LogP) is 11.9. The van der Waals surface area contributed by atoms with Gasteiger partial charge in [-0.05, 0) is 68.4 Å². The summed E-state index contributed by atoms with van der Waals surface area (Å²) < 4.78 is 6.56. The van der Waals surface area contributed by atoms with Crippen molar-refractivity contribution in [3.05, 3.63) is 199 Å². The van der Waals surface area contributed by atoms with Crippen LogP contribution < -0.4 is 4.74 Å². The van der Waals surface area contributed by atoms with Crippen molar-refractivity contribution in [2.75, 3.05) is 0 Å². The molecule has 2 aliphatic rings. The second-order valence-electron chi connectivity index (χ2n) is 13.6. The van der Waals surface area contributed by atoms with Gasteiger partial charge in [-0.2, -0.15) is 0 Å². The molecule has 250 valence electrons. The molecule has 4 heteroatoms. The van der Waals surface area contributed by atoms with Gasteiger partial charge in [-0.25, -0.2) is 15.0 Å². The summed E-state index contributed by atoms with van der Waals surface area (Å²) in [5.74, 6) is 2.75. The van der Waals surface area contributed by atoms with E-state index in [0.717, 1.165) is 50.1 Å². The average molecular weight is 680 g/mol. The third-order valence-corrected chi connectivity index (χ3v) is 10.3. The van der Waals surface area contributed by atoms with Crippen molar-refractivity contribution >= 4 is 16.3 Å². The summed E-state index contributed by atoms with van der Waals surface area (Å²) in [4.78, 5) is 15.5. The molecule has 0 bridgehead atoms. The Bertz CT molecular complexity index is 2680. The van der Waals surface area contributed by atoms with Gasteiger partial charge < -0.3 is 4.74 Å². The Kier molecular flexibility index (Phi) is 7.58. The molecule has 7 aromatic carbocycles. The van der Waals surface area contributed by atoms with Crippen LogP contribution >= 0.6 is 0 Å². The van der Waals surface area contributed by atoms with Crippen LogP contribution in [0.2, 0.25) is 0 Å². The van der Waals surface area contributed by atoms with Gasteiger partial charge in [0.2, 0.25) is 0 Å². The van der Waals surface area contributed by atoms with E-state index in [1.165, 1.54) is 22.1 Å². The fourth-order valence-electron chi connectivity index (χ4n) is 7.57. The van der Waals surface area contributed by atoms with Gasteiger partial charge in [-0.15, -0.1) is 0 Å². The highest BCUT2D eigenvalue weighted by atomic mass is 16.5. The molecule has 0 radical (unpaired) electrons. The zero-order valence-corrected chi connectivity index (χ0v) is 28.8. The summed E-state index contributed by atoms with van der Waals surface area (Å²) in [7, 11) is 0. The lowest BCUT2D eigenvalue weighted by molar-refractivity contribution is 0.271. The lowest BCUT2D eigenvalue weighted by Gasteiger charge is -2.22. The summed E-state index contributed by atoms with van der Waals surface area (Å²) in [6.07, 6.45) is 6.19. The molecule has 53 heavy (non-hydrogen) atoms. The molecule has 8 aromatic rings. The van der Waals surface area contributed by atoms with Crippen molar-refractivity contribution in [3.8, 4) is 61.9 Å². The lowest BCUT2D eigenvalue weighted by Crippen LogP contribution is -2.20. The van der Waals surface area contributed by atoms with Crippen LogP contribution in [0.3, 0.4) is 0 Å². The molecule has 1 aromatic heterocycles. The number of allylic oxidation sites excluding steroid dienone is 2. The highest BCUT2D eigenvalue weighted by Crippen LogP contribution is 2.49. The molecular weight excluding hydrogens is 647 g/mol. The van der Waals surface area contributed by atoms with E-state index in [-0.39, 0.29) is 12.0 Å². The monoisotopic (exact) mass is 679 g/mol. The fraction of sp³-hybridized carbons (Fsp3) is 0.0408. The Morgan fingerprint density at radius 2 is 0.906 bits per heavy atom. The van der Waals surface area contributed by atoms with Gasteiger partial charge >= 0.3 is 0 Å². The SMILES string of the molecule is C1=C[C@H]2Oc3ccc(-c4ccc(-c5ccccc5)cc4)cc3C2C(c2nc(-c3ccc(-c4ccccc4)cc3)nc(-c3ccc4ccccc4c3)n2)=C1. The van der Waals surface area contributed by atoms with Gasteiger partial charge in [-0.1, -0.05) is 164 Å². The van der Waals surface area contributed by atoms with E-state index in [9.17, 15) is 0 Å². The highest BCUT2D eigenvalue weighted by Gasteiger charge is 2.39. The summed E-state index contributed by atoms with van der Waals surface area (Å²) in [5, 5.41) is 2.32. The van der Waals surface area contributed by atoms with Crippen LogP contribution in [-0.2, 0) is 0 Å². The largest absolute Gasteiger partial charge is 0.485 e. The fourth-order valence-corrected chi connectivity index (χ4v) is 7.57. The smallest absolute Gasteiger partial charge is 0.164 e. The van der Waals surface area contributed by atoms with Crippen molar-refractivity contribution in [2.24, 2.45) is 0 Å². The molecule has 1 aliphatic heterocycles. The molecular formula is C49H33N3O. The van der Waals surface area contributed by atoms with Gasteiger partial charge in [0.05, 0.1) is 5.92 Å². The molecule has 2 atom stereocenters. The minimum atomic E-state index is -0.157. The van der Waals surface area contributed by atoms with Crippen molar-refractivity contribution in [3.63, 3.8) is 0 Å². The van der Waals surface area contributed by atoms with Crippen LogP contribution in [0.25, 0.3) is 72.5 Å². The summed E-state index contributed by atoms with van der Waals surface area (Å²) in [5.41, 5.74) is 11.1. The van der Waals surface area contributed by atoms with Gasteiger partial charge in [0.15, 0.2) is 17.5 Å². The Morgan fingerprint density at radius 3 is 1.58 bits per heavy atom. The number of hydrogen-bond donors (Lipinski definition) is 0. The minimum Gasteiger partial charge on any atom is -0.485 e. The first-order chi connectivity index (χ1) is 26.2. The van der Waals surface area contributed by atoms with E-state index < -0.39 is 0 Å². The predicted molar refractivity (Wildman–Crippen MR) is 215 cm³/mol. The summed E-state index contributed by atoms with van der Waals surface area (Å²) in [6, 6.07) is 59.5. The van der Waals surface area contributed by atoms with E-state index in [2.05, 4.69) is 176 Å². The molecule has 0 amide bonds. The maximum atomic E-state index is 6.56. The van der Waals surface area contributed by atoms with Crippen LogP contribution in [0.1, 0.15) is 17.3 Å². The van der Waals surface area contributed by atoms with Crippen LogP contribution in [0.5, 0.6) is 5.75 Å². The third-order valence-electron chi connectivity index (χ3n) is 10.3. The Labute approximate surface area is 308 Å². The molecule has 0 spiro atoms. The molecule has 0 fully saturated rings. The second kappa shape index (κ2) is 13.0. The van der Waals surface area contributed by atoms with Gasteiger partial charge in [0.25, 0.3) is 0 Å². The number of benzene rings is 7. The maximum Gasteiger partial charge on any atom is 0.164 e. The molecule has 4 nitrogen and oxygen atoms in total. The number of ether oxygens (including phenoxy) is 1. The van der Waals surface area contributed by atoms with Gasteiger partial charge in [0, 0.05) is 22.3 Å². The van der Waals surface area contributed by atoms with Crippen molar-refractivity contribution in [1.29, 1.82) is 0 Å². The number of nitrogens with zero attached hydrogens (tertiary/aromatic N) is 3. The number of fused-ring (bicyclic) bond motifs is 4. The van der Waals surface area contributed by atoms with Crippen LogP contribution in [0.15, 0.2) is 188 Å². The Balaban J connectivity index is 1.06. The first-order valence-electron chi connectivity index (χ1n) is 18.0. The Morgan fingerprint density at radius 1 is 0.396 bits per heavy atom. The number of aromatic nitrogens is 3. The number of hydrogen-bond acceptors (Lipinski definition) is 4. The molecule has 2 heterocycles. The van der Waals surface area contributed by atoms with Crippen LogP contribution in [0, 0.1) is 0 Å². The second-order valence-corrected chi connectivity index (χ2v) is 13.6. The van der Waals surface area contributed by atoms with Crippen LogP contribution in [0.4, 0.5) is 0 Å². The molecule has 0 saturated heterocycles. The van der Waals surface area contributed by atoms with Gasteiger partial charge in [-0.3, -0.25) is 0 Å². The maximum absolute atomic E-state index is 6.56. The Hall–Kier alpha value is -6.91. The van der Waals surface area contributed by atoms with E-state index in [4.69, 9.17) is 19.7 Å². The van der Waals surface area contributed by atoms with Gasteiger partial charge in [0.1, 0.15) is 11.9 Å². The average Bonchev–Trinajstić information content (AvgIpc) is 3.62. The third kappa shape index (κ3) is 5.81. The normalized spacial score (nSPS) is 15.7. The molecule has 0 saturated carbocycles. The number of rotatable bonds is 6. The lowest BCUT2D eigenvalue weighted by atomic mass is 9.83. The zero-order chi connectivity index (χ0) is 35.1. The zero-order valence-electron chi connectivity index (χ0n) is 28.8. The van der Waals surface area contributed by atoms with Crippen molar-refractivity contribution in [2.45, 2.75) is 12.0 Å². The van der Waals surface area contributed by atoms with Crippen molar-refractivity contribution in [1.82, 2.24) is 15.0 Å². The summed E-state index contributed by atoms with van der Waals surface area (Å²) in [6.45, 7) is 0. The summed E-state index contributed by atoms with van der Waals surface area (Å²) >= 11 is 0. The highest BCUT2D eigenvalue weighted by molar-refractivity contribution is 5.87. The quantitative estimate of drug-likeness (QED) is 0.175. The molecule has 0 N–H and O–H groups in total. The molecule has 1 aliphatic carbocycles. The van der Waals surface area contributed by atoms with E-state index >= 15 is 0 Å². The molecule has 10 rings (SSSR count). The first kappa shape index (κ1) is 30.9. The van der Waals surface area contributed by atoms with Crippen molar-refractivity contribution < 1.29 is 4.74 Å². The molecule has 1 unspecified atom stereocenters. The topological polar surface area (TPSA) is 47.9 Å². The standard InChI is InChI=1S/C49H33N3O/c1-3-10-32(11-4-1)35-18-20-37(21-19-35)40-28-29-44-43(31-40)46-42(16-9-17-45(46)53-44)49-51-47(38-25-22-36(23-26-38)33-12-5-2-6-13-33)50-48(52-49)41-27-24-34-14-7-8-15-39(34)30-41/h1-31,45-46H/t45-,46?/m1/s1. The van der Waals surface area contributed by atoms with E-state index in [1.807, 2.05) is 12.1 Å². The van der Waals surface area contributed by atoms with E-state index in [1.54, 1.807) is 0 Å². The minimum absolute atomic E-state index is 0.0706. The van der Waals surface area contributed by atoms with Crippen LogP contribution in [-0.4, -0.2) is 21.1 Å². The van der Waals surface area contributed by atoms with E-state index in [0.29, 0.717) is 17.5 Å².